The van der Waals surface area contributed by atoms with Crippen LogP contribution in [-0.4, -0.2) is 46.1 Å². The molecular weight excluding hydrogens is 346 g/mol. The Hall–Kier alpha value is -2.48. The summed E-state index contributed by atoms with van der Waals surface area (Å²) in [7, 11) is 1.87. The lowest BCUT2D eigenvalue weighted by Gasteiger charge is -2.32. The van der Waals surface area contributed by atoms with Crippen molar-refractivity contribution < 1.29 is 0 Å². The maximum Gasteiger partial charge on any atom is 0.205 e. The van der Waals surface area contributed by atoms with E-state index in [2.05, 4.69) is 42.6 Å². The van der Waals surface area contributed by atoms with E-state index >= 15 is 0 Å². The number of likely N-dealkylation sites (tertiary alicyclic amines) is 1. The van der Waals surface area contributed by atoms with E-state index in [1.54, 1.807) is 17.5 Å². The molecule has 3 N–H and O–H groups in total. The van der Waals surface area contributed by atoms with Crippen molar-refractivity contribution in [2.75, 3.05) is 25.5 Å². The molecule has 2 aromatic heterocycles. The number of anilines is 1. The largest absolute Gasteiger partial charge is 0.363 e. The van der Waals surface area contributed by atoms with Crippen LogP contribution in [0.4, 0.5) is 5.13 Å². The fourth-order valence-electron chi connectivity index (χ4n) is 3.07. The Balaban J connectivity index is 1.48. The van der Waals surface area contributed by atoms with E-state index in [-0.39, 0.29) is 0 Å². The number of aryl methyl sites for hydroxylation is 1. The minimum atomic E-state index is 0.472. The number of pyridine rings is 1. The van der Waals surface area contributed by atoms with Crippen molar-refractivity contribution in [1.29, 1.82) is 0 Å². The lowest BCUT2D eigenvalue weighted by atomic mass is 9.97. The zero-order valence-corrected chi connectivity index (χ0v) is 15.8. The van der Waals surface area contributed by atoms with Gasteiger partial charge < -0.3 is 16.1 Å². The lowest BCUT2D eigenvalue weighted by molar-refractivity contribution is 0.312. The first kappa shape index (κ1) is 18.3. The fraction of sp³-hybridized carbons (Fsp3) is 0.444. The minimum Gasteiger partial charge on any atom is -0.363 e. The Labute approximate surface area is 158 Å². The highest BCUT2D eigenvalue weighted by Crippen LogP contribution is 2.31. The first-order chi connectivity index (χ1) is 12.8. The van der Waals surface area contributed by atoms with Gasteiger partial charge in [-0.1, -0.05) is 23.5 Å². The summed E-state index contributed by atoms with van der Waals surface area (Å²) in [5.41, 5.74) is 1.24. The molecule has 0 atom stereocenters. The molecule has 8 heteroatoms. The summed E-state index contributed by atoms with van der Waals surface area (Å²) < 4.78 is 0. The molecule has 0 aliphatic carbocycles. The summed E-state index contributed by atoms with van der Waals surface area (Å²) in [5.74, 6) is 6.94. The van der Waals surface area contributed by atoms with Gasteiger partial charge in [0.25, 0.3) is 0 Å². The van der Waals surface area contributed by atoms with Crippen LogP contribution in [0.1, 0.15) is 35.8 Å². The molecule has 3 heterocycles. The van der Waals surface area contributed by atoms with Gasteiger partial charge in [0, 0.05) is 38.4 Å². The summed E-state index contributed by atoms with van der Waals surface area (Å²) in [4.78, 5) is 6.39. The van der Waals surface area contributed by atoms with Crippen molar-refractivity contribution in [2.24, 2.45) is 10.9 Å². The van der Waals surface area contributed by atoms with Gasteiger partial charge in [-0.3, -0.25) is 4.98 Å². The highest BCUT2D eigenvalue weighted by molar-refractivity contribution is 7.15. The first-order valence-corrected chi connectivity index (χ1v) is 9.71. The summed E-state index contributed by atoms with van der Waals surface area (Å²) >= 11 is 1.64. The third-order valence-corrected chi connectivity index (χ3v) is 5.65. The second kappa shape index (κ2) is 9.28. The predicted octanol–water partition coefficient (Wildman–Crippen LogP) is 2.62. The van der Waals surface area contributed by atoms with E-state index in [1.807, 2.05) is 25.4 Å². The molecule has 1 saturated heterocycles. The Morgan fingerprint density at radius 2 is 2.27 bits per heavy atom. The molecule has 1 aliphatic heterocycles. The zero-order chi connectivity index (χ0) is 18.2. The number of nitrogens with zero attached hydrogens (tertiary/aromatic N) is 5. The van der Waals surface area contributed by atoms with Crippen LogP contribution in [0.3, 0.4) is 0 Å². The lowest BCUT2D eigenvalue weighted by Crippen LogP contribution is -2.37. The molecule has 0 unspecified atom stereocenters. The summed E-state index contributed by atoms with van der Waals surface area (Å²) in [6, 6.07) is 4.06. The standard InChI is InChI=1S/C18H25N7S/c1-20-18-24-23-17(26-18)15-8-11-25(12-9-15)16(22-19)7-3-2-5-14-6-4-10-21-13-14/h3-4,6-7,10,13,15H,2,5,8-9,11-12,19H2,1H3,(H,20,24)/b7-3-,22-16+. The number of hydrogen-bond acceptors (Lipinski definition) is 7. The van der Waals surface area contributed by atoms with Crippen LogP contribution in [0.5, 0.6) is 0 Å². The van der Waals surface area contributed by atoms with Crippen molar-refractivity contribution in [1.82, 2.24) is 20.1 Å². The second-order valence-electron chi connectivity index (χ2n) is 6.25. The van der Waals surface area contributed by atoms with Gasteiger partial charge in [0.2, 0.25) is 5.13 Å². The molecule has 0 saturated carbocycles. The number of rotatable bonds is 6. The van der Waals surface area contributed by atoms with Crippen LogP contribution < -0.4 is 11.2 Å². The van der Waals surface area contributed by atoms with Gasteiger partial charge in [-0.05, 0) is 43.4 Å². The van der Waals surface area contributed by atoms with E-state index in [4.69, 9.17) is 5.84 Å². The van der Waals surface area contributed by atoms with E-state index in [0.717, 1.165) is 54.7 Å². The van der Waals surface area contributed by atoms with Crippen LogP contribution in [0.2, 0.25) is 0 Å². The molecule has 3 rings (SSSR count). The van der Waals surface area contributed by atoms with E-state index < -0.39 is 0 Å². The summed E-state index contributed by atoms with van der Waals surface area (Å²) in [6.07, 6.45) is 11.9. The number of hydrogen-bond donors (Lipinski definition) is 2. The molecule has 26 heavy (non-hydrogen) atoms. The number of nitrogens with two attached hydrogens (primary N) is 1. The number of nitrogens with one attached hydrogen (secondary N) is 1. The molecule has 0 aromatic carbocycles. The van der Waals surface area contributed by atoms with Crippen molar-refractivity contribution in [3.05, 3.63) is 47.2 Å². The summed E-state index contributed by atoms with van der Waals surface area (Å²) in [5, 5.41) is 17.5. The quantitative estimate of drug-likeness (QED) is 0.351. The average Bonchev–Trinajstić information content (AvgIpc) is 3.18. The van der Waals surface area contributed by atoms with Gasteiger partial charge in [0.1, 0.15) is 10.8 Å². The van der Waals surface area contributed by atoms with Gasteiger partial charge in [0.15, 0.2) is 0 Å². The third-order valence-electron chi connectivity index (χ3n) is 4.54. The maximum atomic E-state index is 5.62. The third kappa shape index (κ3) is 4.78. The average molecular weight is 372 g/mol. The number of allylic oxidation sites excluding steroid dienone is 1. The van der Waals surface area contributed by atoms with E-state index in [0.29, 0.717) is 5.92 Å². The number of amidine groups is 1. The van der Waals surface area contributed by atoms with Crippen molar-refractivity contribution >= 4 is 22.3 Å². The SMILES string of the molecule is CNc1nnc(C2CCN(C(/C=C\CCc3cccnc3)=N/N)CC2)s1. The smallest absolute Gasteiger partial charge is 0.205 e. The van der Waals surface area contributed by atoms with E-state index in [9.17, 15) is 0 Å². The molecule has 1 fully saturated rings. The van der Waals surface area contributed by atoms with Crippen molar-refractivity contribution in [3.8, 4) is 0 Å². The van der Waals surface area contributed by atoms with Crippen LogP contribution in [0.25, 0.3) is 0 Å². The molecule has 0 radical (unpaired) electrons. The number of aromatic nitrogens is 3. The molecule has 0 bridgehead atoms. The maximum absolute atomic E-state index is 5.62. The van der Waals surface area contributed by atoms with Crippen molar-refractivity contribution in [3.63, 3.8) is 0 Å². The highest BCUT2D eigenvalue weighted by atomic mass is 32.1. The zero-order valence-electron chi connectivity index (χ0n) is 15.0. The molecule has 7 nitrogen and oxygen atoms in total. The van der Waals surface area contributed by atoms with Crippen LogP contribution >= 0.6 is 11.3 Å². The number of hydrazone groups is 1. The van der Waals surface area contributed by atoms with Crippen LogP contribution in [-0.2, 0) is 6.42 Å². The van der Waals surface area contributed by atoms with Crippen LogP contribution in [0, 0.1) is 0 Å². The first-order valence-electron chi connectivity index (χ1n) is 8.89. The minimum absolute atomic E-state index is 0.472. The molecule has 1 aliphatic rings. The molecule has 2 aromatic rings. The molecule has 0 spiro atoms. The molecular formula is C18H25N7S. The highest BCUT2D eigenvalue weighted by Gasteiger charge is 2.24. The van der Waals surface area contributed by atoms with Crippen molar-refractivity contribution in [2.45, 2.75) is 31.6 Å². The second-order valence-corrected chi connectivity index (χ2v) is 7.26. The topological polar surface area (TPSA) is 92.3 Å². The van der Waals surface area contributed by atoms with Gasteiger partial charge in [-0.15, -0.1) is 10.2 Å². The van der Waals surface area contributed by atoms with Gasteiger partial charge in [0.05, 0.1) is 0 Å². The molecule has 0 amide bonds. The van der Waals surface area contributed by atoms with Gasteiger partial charge >= 0.3 is 0 Å². The normalized spacial score (nSPS) is 16.3. The Morgan fingerprint density at radius 1 is 1.42 bits per heavy atom. The van der Waals surface area contributed by atoms with Gasteiger partial charge in [-0.25, -0.2) is 0 Å². The summed E-state index contributed by atoms with van der Waals surface area (Å²) in [6.45, 7) is 1.87. The van der Waals surface area contributed by atoms with Gasteiger partial charge in [-0.2, -0.15) is 5.10 Å². The monoisotopic (exact) mass is 371 g/mol. The van der Waals surface area contributed by atoms with Crippen LogP contribution in [0.15, 0.2) is 41.8 Å². The van der Waals surface area contributed by atoms with E-state index in [1.165, 1.54) is 5.56 Å². The fourth-order valence-corrected chi connectivity index (χ4v) is 3.94. The Kier molecular flexibility index (Phi) is 6.54. The Bertz CT molecular complexity index is 733. The molecule has 138 valence electrons. The number of piperidine rings is 1. The Morgan fingerprint density at radius 3 is 2.92 bits per heavy atom. The predicted molar refractivity (Wildman–Crippen MR) is 106 cm³/mol.